The fourth-order valence-corrected chi connectivity index (χ4v) is 4.39. The van der Waals surface area contributed by atoms with Crippen LogP contribution in [-0.4, -0.2) is 40.5 Å². The van der Waals surface area contributed by atoms with E-state index in [-0.39, 0.29) is 11.9 Å². The molecule has 1 fully saturated rings. The van der Waals surface area contributed by atoms with Crippen LogP contribution in [0.5, 0.6) is 5.75 Å². The lowest BCUT2D eigenvalue weighted by atomic mass is 9.96. The number of aryl methyl sites for hydroxylation is 1. The summed E-state index contributed by atoms with van der Waals surface area (Å²) in [6.07, 6.45) is 7.79. The molecule has 32 heavy (non-hydrogen) atoms. The van der Waals surface area contributed by atoms with Crippen molar-refractivity contribution in [3.63, 3.8) is 0 Å². The molecule has 2 aromatic carbocycles. The molecule has 2 aliphatic heterocycles. The largest absolute Gasteiger partial charge is 0.495 e. The Labute approximate surface area is 186 Å². The number of fused-ring (bicyclic) bond motifs is 1. The Hall–Kier alpha value is -3.61. The smallest absolute Gasteiger partial charge is 0.172 e. The Kier molecular flexibility index (Phi) is 5.39. The molecule has 5 rings (SSSR count). The Bertz CT molecular complexity index is 1200. The molecule has 2 aliphatic rings. The molecule has 0 aliphatic carbocycles. The Morgan fingerprint density at radius 1 is 1.22 bits per heavy atom. The Morgan fingerprint density at radius 2 is 2.12 bits per heavy atom. The summed E-state index contributed by atoms with van der Waals surface area (Å²) >= 11 is 0. The molecule has 0 N–H and O–H groups in total. The zero-order valence-corrected chi connectivity index (χ0v) is 18.2. The molecular formula is C25H25FN4O2. The minimum atomic E-state index is -0.236. The van der Waals surface area contributed by atoms with Crippen molar-refractivity contribution in [3.05, 3.63) is 83.2 Å². The van der Waals surface area contributed by atoms with Crippen molar-refractivity contribution in [1.29, 1.82) is 0 Å². The fourth-order valence-electron chi connectivity index (χ4n) is 4.39. The van der Waals surface area contributed by atoms with E-state index in [9.17, 15) is 4.39 Å². The molecule has 6 nitrogen and oxygen atoms in total. The number of methoxy groups -OCH3 is 1. The third-order valence-electron chi connectivity index (χ3n) is 5.93. The van der Waals surface area contributed by atoms with Crippen LogP contribution in [0.25, 0.3) is 11.8 Å². The van der Waals surface area contributed by atoms with Gasteiger partial charge in [-0.2, -0.15) is 0 Å². The molecule has 0 saturated carbocycles. The Morgan fingerprint density at radius 3 is 2.91 bits per heavy atom. The average molecular weight is 432 g/mol. The van der Waals surface area contributed by atoms with E-state index in [4.69, 9.17) is 9.57 Å². The highest BCUT2D eigenvalue weighted by atomic mass is 19.1. The summed E-state index contributed by atoms with van der Waals surface area (Å²) in [5.41, 5.74) is 4.91. The first-order valence-corrected chi connectivity index (χ1v) is 10.7. The summed E-state index contributed by atoms with van der Waals surface area (Å²) in [6.45, 7) is 3.23. The number of ether oxygens (including phenoxy) is 1. The van der Waals surface area contributed by atoms with Crippen molar-refractivity contribution in [1.82, 2.24) is 14.5 Å². The molecule has 7 heteroatoms. The average Bonchev–Trinajstić information content (AvgIpc) is 3.25. The third-order valence-corrected chi connectivity index (χ3v) is 5.93. The minimum Gasteiger partial charge on any atom is -0.495 e. The van der Waals surface area contributed by atoms with Gasteiger partial charge >= 0.3 is 0 Å². The predicted octanol–water partition coefficient (Wildman–Crippen LogP) is 4.89. The topological polar surface area (TPSA) is 51.9 Å². The summed E-state index contributed by atoms with van der Waals surface area (Å²) in [7, 11) is 1.67. The number of nitrogens with zero attached hydrogens (tertiary/aromatic N) is 4. The molecule has 3 heterocycles. The van der Waals surface area contributed by atoms with Crippen molar-refractivity contribution in [2.75, 3.05) is 20.3 Å². The highest BCUT2D eigenvalue weighted by Gasteiger charge is 2.33. The molecule has 0 spiro atoms. The van der Waals surface area contributed by atoms with Crippen LogP contribution in [0.15, 0.2) is 65.7 Å². The lowest BCUT2D eigenvalue weighted by Crippen LogP contribution is -2.44. The van der Waals surface area contributed by atoms with E-state index >= 15 is 0 Å². The number of amidine groups is 1. The van der Waals surface area contributed by atoms with Crippen LogP contribution in [-0.2, 0) is 4.84 Å². The summed E-state index contributed by atoms with van der Waals surface area (Å²) in [6, 6.07) is 12.8. The van der Waals surface area contributed by atoms with E-state index < -0.39 is 0 Å². The van der Waals surface area contributed by atoms with Crippen molar-refractivity contribution >= 4 is 11.9 Å². The zero-order chi connectivity index (χ0) is 22.1. The van der Waals surface area contributed by atoms with Crippen molar-refractivity contribution in [2.24, 2.45) is 5.16 Å². The van der Waals surface area contributed by atoms with Crippen LogP contribution in [0.1, 0.15) is 35.7 Å². The summed E-state index contributed by atoms with van der Waals surface area (Å²) in [5, 5.41) is 4.37. The van der Waals surface area contributed by atoms with E-state index in [0.717, 1.165) is 59.1 Å². The normalized spacial score (nSPS) is 19.3. The molecule has 1 unspecified atom stereocenters. The summed E-state index contributed by atoms with van der Waals surface area (Å²) in [4.78, 5) is 12.1. The minimum absolute atomic E-state index is 0.0525. The van der Waals surface area contributed by atoms with Crippen LogP contribution in [0.3, 0.4) is 0 Å². The zero-order valence-electron chi connectivity index (χ0n) is 18.2. The molecule has 164 valence electrons. The third kappa shape index (κ3) is 3.86. The first kappa shape index (κ1) is 20.3. The van der Waals surface area contributed by atoms with Gasteiger partial charge in [-0.05, 0) is 66.8 Å². The number of hydrogen-bond donors (Lipinski definition) is 0. The van der Waals surface area contributed by atoms with E-state index in [1.54, 1.807) is 25.6 Å². The SMILES string of the molecule is COc1cc(C=C2CCCN3C2=NOCC3c2cccc(F)c2)ccc1-n1cnc(C)c1. The lowest BCUT2D eigenvalue weighted by molar-refractivity contribution is 0.0574. The van der Waals surface area contributed by atoms with Crippen molar-refractivity contribution in [3.8, 4) is 11.4 Å². The van der Waals surface area contributed by atoms with Crippen LogP contribution in [0.4, 0.5) is 4.39 Å². The molecule has 3 aromatic rings. The van der Waals surface area contributed by atoms with E-state index in [0.29, 0.717) is 6.61 Å². The standard InChI is InChI=1S/C25H25FN4O2/c1-17-14-29(16-27-17)22-9-8-18(12-24(22)31-2)11-20-6-4-10-30-23(15-32-28-25(20)30)19-5-3-7-21(26)13-19/h3,5,7-9,11-14,16,23H,4,6,10,15H2,1-2H3. The number of aromatic nitrogens is 2. The van der Waals surface area contributed by atoms with Gasteiger partial charge in [0.25, 0.3) is 0 Å². The number of piperidine rings is 1. The molecule has 1 aromatic heterocycles. The number of hydrogen-bond acceptors (Lipinski definition) is 5. The van der Waals surface area contributed by atoms with Gasteiger partial charge in [0.15, 0.2) is 5.84 Å². The molecule has 0 amide bonds. The van der Waals surface area contributed by atoms with Gasteiger partial charge in [0, 0.05) is 12.7 Å². The van der Waals surface area contributed by atoms with E-state index in [1.807, 2.05) is 35.9 Å². The van der Waals surface area contributed by atoms with Gasteiger partial charge in [-0.1, -0.05) is 23.4 Å². The predicted molar refractivity (Wildman–Crippen MR) is 121 cm³/mol. The van der Waals surface area contributed by atoms with Gasteiger partial charge in [0.2, 0.25) is 0 Å². The molecule has 1 saturated heterocycles. The number of imidazole rings is 1. The van der Waals surface area contributed by atoms with Gasteiger partial charge in [0.05, 0.1) is 30.9 Å². The second-order valence-corrected chi connectivity index (χ2v) is 8.10. The maximum atomic E-state index is 13.8. The maximum absolute atomic E-state index is 13.8. The van der Waals surface area contributed by atoms with Crippen LogP contribution in [0, 0.1) is 12.7 Å². The number of rotatable bonds is 4. The van der Waals surface area contributed by atoms with Gasteiger partial charge in [-0.25, -0.2) is 9.37 Å². The lowest BCUT2D eigenvalue weighted by Gasteiger charge is -2.40. The summed E-state index contributed by atoms with van der Waals surface area (Å²) in [5.74, 6) is 1.36. The van der Waals surface area contributed by atoms with Gasteiger partial charge < -0.3 is 19.0 Å². The quantitative estimate of drug-likeness (QED) is 0.589. The number of benzene rings is 2. The van der Waals surface area contributed by atoms with Gasteiger partial charge in [0.1, 0.15) is 18.2 Å². The van der Waals surface area contributed by atoms with Crippen LogP contribution < -0.4 is 4.74 Å². The second kappa shape index (κ2) is 8.49. The molecule has 0 radical (unpaired) electrons. The maximum Gasteiger partial charge on any atom is 0.172 e. The molecule has 1 atom stereocenters. The van der Waals surface area contributed by atoms with Crippen molar-refractivity contribution < 1.29 is 14.0 Å². The van der Waals surface area contributed by atoms with Crippen molar-refractivity contribution in [2.45, 2.75) is 25.8 Å². The Balaban J connectivity index is 1.46. The highest BCUT2D eigenvalue weighted by Crippen LogP contribution is 2.34. The second-order valence-electron chi connectivity index (χ2n) is 8.10. The monoisotopic (exact) mass is 432 g/mol. The van der Waals surface area contributed by atoms with Gasteiger partial charge in [-0.3, -0.25) is 0 Å². The number of oxime groups is 1. The van der Waals surface area contributed by atoms with Gasteiger partial charge in [-0.15, -0.1) is 0 Å². The van der Waals surface area contributed by atoms with Crippen LogP contribution in [0.2, 0.25) is 0 Å². The first-order valence-electron chi connectivity index (χ1n) is 10.7. The highest BCUT2D eigenvalue weighted by molar-refractivity contribution is 6.03. The first-order chi connectivity index (χ1) is 15.6. The van der Waals surface area contributed by atoms with Crippen LogP contribution >= 0.6 is 0 Å². The molecular weight excluding hydrogens is 407 g/mol. The fraction of sp³-hybridized carbons (Fsp3) is 0.280. The molecule has 0 bridgehead atoms. The number of halogens is 1. The van der Waals surface area contributed by atoms with E-state index in [2.05, 4.69) is 27.2 Å². The van der Waals surface area contributed by atoms with E-state index in [1.165, 1.54) is 6.07 Å². The summed E-state index contributed by atoms with van der Waals surface area (Å²) < 4.78 is 21.4.